The molecule has 0 bridgehead atoms. The van der Waals surface area contributed by atoms with Crippen LogP contribution in [-0.4, -0.2) is 41.2 Å². The molecule has 3 aromatic rings. The smallest absolute Gasteiger partial charge is 0.289 e. The van der Waals surface area contributed by atoms with E-state index in [2.05, 4.69) is 0 Å². The van der Waals surface area contributed by atoms with Gasteiger partial charge in [0.25, 0.3) is 5.91 Å². The lowest BCUT2D eigenvalue weighted by Crippen LogP contribution is -2.53. The second kappa shape index (κ2) is 8.05. The summed E-state index contributed by atoms with van der Waals surface area (Å²) < 4.78 is 24.9. The number of carbonyl (C=O) groups is 1. The number of hydrogen-bond donors (Lipinski definition) is 1. The van der Waals surface area contributed by atoms with Crippen LogP contribution in [0, 0.1) is 5.82 Å². The minimum absolute atomic E-state index is 0.185. The summed E-state index contributed by atoms with van der Waals surface area (Å²) in [6.45, 7) is 0. The van der Waals surface area contributed by atoms with E-state index in [9.17, 15) is 14.3 Å². The van der Waals surface area contributed by atoms with Gasteiger partial charge >= 0.3 is 0 Å². The van der Waals surface area contributed by atoms with Crippen molar-refractivity contribution in [3.8, 4) is 5.75 Å². The van der Waals surface area contributed by atoms with Crippen LogP contribution in [0.2, 0.25) is 5.02 Å². The minimum atomic E-state index is -0.903. The van der Waals surface area contributed by atoms with Gasteiger partial charge in [-0.15, -0.1) is 0 Å². The third-order valence-electron chi connectivity index (χ3n) is 5.35. The summed E-state index contributed by atoms with van der Waals surface area (Å²) in [5.41, 5.74) is 0.572. The van der Waals surface area contributed by atoms with E-state index in [1.54, 1.807) is 43.4 Å². The number of carbonyl (C=O) groups excluding carboxylic acids is 1. The number of aliphatic hydroxyl groups excluding tert-OH is 1. The quantitative estimate of drug-likeness (QED) is 0.670. The highest BCUT2D eigenvalue weighted by atomic mass is 35.5. The van der Waals surface area contributed by atoms with Gasteiger partial charge in [-0.25, -0.2) is 4.39 Å². The molecule has 2 aromatic carbocycles. The number of furan rings is 1. The Bertz CT molecular complexity index is 1040. The highest BCUT2D eigenvalue weighted by molar-refractivity contribution is 6.31. The Balaban J connectivity index is 1.50. The number of fused-ring (bicyclic) bond motifs is 1. The molecule has 1 aliphatic carbocycles. The Morgan fingerprint density at radius 1 is 1.24 bits per heavy atom. The third kappa shape index (κ3) is 4.09. The first-order chi connectivity index (χ1) is 13.9. The second-order valence-corrected chi connectivity index (χ2v) is 7.75. The molecule has 1 saturated carbocycles. The van der Waals surface area contributed by atoms with Crippen LogP contribution in [0.15, 0.2) is 52.9 Å². The largest absolute Gasteiger partial charge is 0.488 e. The standard InChI is InChI=1S/C22H21ClFNO4/c1-25(22(27)20-11-13-10-14(23)8-9-18(13)29-20)17-6-3-7-19(21(17)26)28-16-5-2-4-15(24)12-16/h2,4-5,8-12,17,19,21,26H,3,6-7H2,1H3/t17-,19-,21-/m1/s1. The summed E-state index contributed by atoms with van der Waals surface area (Å²) in [5.74, 6) is -0.183. The van der Waals surface area contributed by atoms with Gasteiger partial charge in [-0.2, -0.15) is 0 Å². The zero-order valence-electron chi connectivity index (χ0n) is 15.8. The van der Waals surface area contributed by atoms with E-state index in [1.165, 1.54) is 17.0 Å². The van der Waals surface area contributed by atoms with Gasteiger partial charge in [-0.3, -0.25) is 4.79 Å². The fourth-order valence-electron chi connectivity index (χ4n) is 3.83. The molecular weight excluding hydrogens is 397 g/mol. The van der Waals surface area contributed by atoms with Crippen LogP contribution in [0.1, 0.15) is 29.8 Å². The molecule has 1 fully saturated rings. The molecule has 0 unspecified atom stereocenters. The lowest BCUT2D eigenvalue weighted by Gasteiger charge is -2.39. The van der Waals surface area contributed by atoms with Crippen LogP contribution in [0.5, 0.6) is 5.75 Å². The molecule has 7 heteroatoms. The molecule has 0 spiro atoms. The molecule has 0 aliphatic heterocycles. The molecule has 1 aromatic heterocycles. The van der Waals surface area contributed by atoms with Gasteiger partial charge in [0.2, 0.25) is 0 Å². The number of halogens is 2. The van der Waals surface area contributed by atoms with Crippen LogP contribution in [-0.2, 0) is 0 Å². The van der Waals surface area contributed by atoms with E-state index in [0.29, 0.717) is 29.2 Å². The van der Waals surface area contributed by atoms with E-state index in [1.807, 2.05) is 0 Å². The van der Waals surface area contributed by atoms with Crippen LogP contribution >= 0.6 is 11.6 Å². The van der Waals surface area contributed by atoms with Crippen molar-refractivity contribution in [3.63, 3.8) is 0 Å². The summed E-state index contributed by atoms with van der Waals surface area (Å²) in [4.78, 5) is 14.4. The average molecular weight is 418 g/mol. The Hall–Kier alpha value is -2.57. The van der Waals surface area contributed by atoms with Crippen molar-refractivity contribution in [2.45, 2.75) is 37.5 Å². The SMILES string of the molecule is CN(C(=O)c1cc2cc(Cl)ccc2o1)[C@@H]1CCC[C@@H](Oc2cccc(F)c2)[C@@H]1O. The number of nitrogens with zero attached hydrogens (tertiary/aromatic N) is 1. The van der Waals surface area contributed by atoms with Crippen LogP contribution in [0.3, 0.4) is 0 Å². The van der Waals surface area contributed by atoms with Gasteiger partial charge in [-0.05, 0) is 55.7 Å². The number of aliphatic hydroxyl groups is 1. The third-order valence-corrected chi connectivity index (χ3v) is 5.59. The lowest BCUT2D eigenvalue weighted by atomic mass is 9.88. The van der Waals surface area contributed by atoms with Crippen molar-refractivity contribution in [1.82, 2.24) is 4.90 Å². The molecule has 3 atom stereocenters. The molecule has 152 valence electrons. The topological polar surface area (TPSA) is 62.9 Å². The summed E-state index contributed by atoms with van der Waals surface area (Å²) in [7, 11) is 1.64. The molecular formula is C22H21ClFNO4. The van der Waals surface area contributed by atoms with E-state index >= 15 is 0 Å². The van der Waals surface area contributed by atoms with Crippen molar-refractivity contribution in [1.29, 1.82) is 0 Å². The number of likely N-dealkylation sites (N-methyl/N-ethyl adjacent to an activating group) is 1. The maximum Gasteiger partial charge on any atom is 0.289 e. The van der Waals surface area contributed by atoms with Crippen molar-refractivity contribution in [3.05, 3.63) is 65.1 Å². The zero-order chi connectivity index (χ0) is 20.5. The molecule has 1 aliphatic rings. The lowest BCUT2D eigenvalue weighted by molar-refractivity contribution is -0.0418. The first-order valence-electron chi connectivity index (χ1n) is 9.49. The maximum atomic E-state index is 13.4. The molecule has 1 amide bonds. The summed E-state index contributed by atoms with van der Waals surface area (Å²) >= 11 is 6.00. The molecule has 1 heterocycles. The van der Waals surface area contributed by atoms with E-state index in [4.69, 9.17) is 20.8 Å². The van der Waals surface area contributed by atoms with Crippen molar-refractivity contribution in [2.75, 3.05) is 7.05 Å². The first kappa shape index (κ1) is 19.7. The molecule has 29 heavy (non-hydrogen) atoms. The van der Waals surface area contributed by atoms with Gasteiger partial charge in [0.05, 0.1) is 6.04 Å². The Morgan fingerprint density at radius 2 is 2.07 bits per heavy atom. The molecule has 0 radical (unpaired) electrons. The van der Waals surface area contributed by atoms with Gasteiger partial charge in [0.1, 0.15) is 29.4 Å². The predicted octanol–water partition coefficient (Wildman–Crippen LogP) is 4.66. The number of ether oxygens (including phenoxy) is 1. The van der Waals surface area contributed by atoms with Gasteiger partial charge < -0.3 is 19.2 Å². The summed E-state index contributed by atoms with van der Waals surface area (Å²) in [6.07, 6.45) is 0.604. The number of benzene rings is 2. The Kier molecular flexibility index (Phi) is 5.48. The Morgan fingerprint density at radius 3 is 2.86 bits per heavy atom. The fourth-order valence-corrected chi connectivity index (χ4v) is 4.01. The summed E-state index contributed by atoms with van der Waals surface area (Å²) in [5, 5.41) is 12.1. The highest BCUT2D eigenvalue weighted by Gasteiger charge is 2.38. The Labute approximate surface area is 172 Å². The maximum absolute atomic E-state index is 13.4. The van der Waals surface area contributed by atoms with Gasteiger partial charge in [-0.1, -0.05) is 17.7 Å². The number of hydrogen-bond acceptors (Lipinski definition) is 4. The van der Waals surface area contributed by atoms with Crippen LogP contribution in [0.25, 0.3) is 11.0 Å². The monoisotopic (exact) mass is 417 g/mol. The van der Waals surface area contributed by atoms with Crippen molar-refractivity contribution in [2.24, 2.45) is 0 Å². The average Bonchev–Trinajstić information content (AvgIpc) is 3.11. The van der Waals surface area contributed by atoms with E-state index in [-0.39, 0.29) is 11.7 Å². The zero-order valence-corrected chi connectivity index (χ0v) is 16.6. The van der Waals surface area contributed by atoms with E-state index in [0.717, 1.165) is 11.8 Å². The van der Waals surface area contributed by atoms with Crippen molar-refractivity contribution < 1.29 is 23.4 Å². The van der Waals surface area contributed by atoms with Gasteiger partial charge in [0, 0.05) is 23.5 Å². The molecule has 4 rings (SSSR count). The molecule has 1 N–H and O–H groups in total. The second-order valence-electron chi connectivity index (χ2n) is 7.31. The highest BCUT2D eigenvalue weighted by Crippen LogP contribution is 2.29. The number of rotatable bonds is 4. The van der Waals surface area contributed by atoms with E-state index < -0.39 is 24.1 Å². The normalized spacial score (nSPS) is 21.9. The minimum Gasteiger partial charge on any atom is -0.488 e. The van der Waals surface area contributed by atoms with Crippen LogP contribution in [0.4, 0.5) is 4.39 Å². The van der Waals surface area contributed by atoms with Crippen LogP contribution < -0.4 is 4.74 Å². The molecule has 0 saturated heterocycles. The van der Waals surface area contributed by atoms with Crippen molar-refractivity contribution >= 4 is 28.5 Å². The summed E-state index contributed by atoms with van der Waals surface area (Å²) in [6, 6.07) is 12.2. The molecule has 5 nitrogen and oxygen atoms in total. The van der Waals surface area contributed by atoms with Gasteiger partial charge in [0.15, 0.2) is 5.76 Å². The fraction of sp³-hybridized carbons (Fsp3) is 0.318. The predicted molar refractivity (Wildman–Crippen MR) is 108 cm³/mol. The number of amides is 1. The first-order valence-corrected chi connectivity index (χ1v) is 9.87.